The van der Waals surface area contributed by atoms with Crippen molar-refractivity contribution in [3.63, 3.8) is 0 Å². The number of halogens is 4. The van der Waals surface area contributed by atoms with Crippen LogP contribution in [0.4, 0.5) is 17.3 Å². The molecule has 1 heterocycles. The van der Waals surface area contributed by atoms with Crippen LogP contribution >= 0.6 is 0 Å². The maximum atomic E-state index is 9.75. The van der Waals surface area contributed by atoms with Crippen LogP contribution in [0, 0.1) is 0 Å². The Morgan fingerprint density at radius 3 is 1.59 bits per heavy atom. The van der Waals surface area contributed by atoms with Crippen LogP contribution in [0.2, 0.25) is 0 Å². The number of hydrogen-bond donors (Lipinski definition) is 1. The maximum Gasteiger partial charge on any atom is 0.673 e. The van der Waals surface area contributed by atoms with Crippen LogP contribution < -0.4 is 0 Å². The Kier molecular flexibility index (Phi) is 5.91. The molecule has 0 radical (unpaired) electrons. The lowest BCUT2D eigenvalue weighted by atomic mass is 10.2. The largest absolute Gasteiger partial charge is 0.673 e. The maximum absolute atomic E-state index is 9.75. The summed E-state index contributed by atoms with van der Waals surface area (Å²) in [6.07, 6.45) is 2.16. The zero-order chi connectivity index (χ0) is 19.3. The smallest absolute Gasteiger partial charge is 0.418 e. The molecule has 0 atom stereocenters. The fraction of sp³-hybridized carbons (Fsp3) is 0. The van der Waals surface area contributed by atoms with Crippen LogP contribution in [0.1, 0.15) is 0 Å². The van der Waals surface area contributed by atoms with Gasteiger partial charge >= 0.3 is 7.25 Å². The predicted molar refractivity (Wildman–Crippen MR) is 104 cm³/mol. The van der Waals surface area contributed by atoms with Crippen LogP contribution in [0.5, 0.6) is 0 Å². The van der Waals surface area contributed by atoms with E-state index in [2.05, 4.69) is 96.1 Å². The minimum atomic E-state index is -6.00. The molecule has 0 aliphatic rings. The highest BCUT2D eigenvalue weighted by Crippen LogP contribution is 2.35. The van der Waals surface area contributed by atoms with Gasteiger partial charge in [-0.1, -0.05) is 48.5 Å². The topological polar surface area (TPSA) is 15.8 Å². The van der Waals surface area contributed by atoms with Crippen molar-refractivity contribution in [2.24, 2.45) is 0 Å². The molecule has 0 aliphatic carbocycles. The number of rotatable bonds is 3. The molecule has 3 aromatic carbocycles. The third-order valence-corrected chi connectivity index (χ3v) is 5.99. The Bertz CT molecular complexity index is 941. The summed E-state index contributed by atoms with van der Waals surface area (Å²) < 4.78 is 39.0. The first-order valence-corrected chi connectivity index (χ1v) is 9.44. The number of fused-ring (bicyclic) bond motifs is 1. The number of nitrogens with one attached hydrogen (secondary N) is 1. The van der Waals surface area contributed by atoms with Gasteiger partial charge in [0.15, 0.2) is 14.7 Å². The van der Waals surface area contributed by atoms with Crippen molar-refractivity contribution < 1.29 is 17.3 Å². The van der Waals surface area contributed by atoms with Gasteiger partial charge in [0.05, 0.1) is 17.1 Å². The molecule has 1 N–H and O–H groups in total. The van der Waals surface area contributed by atoms with Crippen molar-refractivity contribution >= 4 is 29.1 Å². The standard InChI is InChI=1S/C20H16NS.BF4/c1-3-9-16(10-4-1)22(17-11-5-2-6-12-17)20-15-21-19-14-8-7-13-18(19)20;2-1(3,4)5/h1-15,21H;/q+1;-1. The van der Waals surface area contributed by atoms with Crippen LogP contribution in [0.15, 0.2) is 106 Å². The predicted octanol–water partition coefficient (Wildman–Crippen LogP) is 6.56. The summed E-state index contributed by atoms with van der Waals surface area (Å²) in [6.45, 7) is 0. The van der Waals surface area contributed by atoms with E-state index in [4.69, 9.17) is 0 Å². The number of para-hydroxylation sites is 1. The highest BCUT2D eigenvalue weighted by Gasteiger charge is 2.30. The van der Waals surface area contributed by atoms with Gasteiger partial charge in [-0.05, 0) is 36.4 Å². The molecule has 138 valence electrons. The molecule has 0 unspecified atom stereocenters. The summed E-state index contributed by atoms with van der Waals surface area (Å²) in [5, 5.41) is 1.30. The van der Waals surface area contributed by atoms with Crippen molar-refractivity contribution in [3.8, 4) is 0 Å². The first kappa shape index (κ1) is 19.1. The van der Waals surface area contributed by atoms with Crippen molar-refractivity contribution in [2.75, 3.05) is 0 Å². The van der Waals surface area contributed by atoms with Crippen LogP contribution in [-0.2, 0) is 10.9 Å². The van der Waals surface area contributed by atoms with Gasteiger partial charge in [0.2, 0.25) is 0 Å². The summed E-state index contributed by atoms with van der Waals surface area (Å²) in [6, 6.07) is 30.0. The minimum Gasteiger partial charge on any atom is -0.418 e. The monoisotopic (exact) mass is 389 g/mol. The molecular weight excluding hydrogens is 373 g/mol. The van der Waals surface area contributed by atoms with E-state index in [1.54, 1.807) is 0 Å². The molecule has 0 spiro atoms. The van der Waals surface area contributed by atoms with Gasteiger partial charge < -0.3 is 22.2 Å². The van der Waals surface area contributed by atoms with Crippen molar-refractivity contribution in [3.05, 3.63) is 91.1 Å². The normalized spacial score (nSPS) is 11.3. The number of aromatic amines is 1. The molecule has 0 amide bonds. The zero-order valence-corrected chi connectivity index (χ0v) is 15.0. The Morgan fingerprint density at radius 2 is 1.07 bits per heavy atom. The van der Waals surface area contributed by atoms with E-state index < -0.39 is 7.25 Å². The second kappa shape index (κ2) is 8.35. The van der Waals surface area contributed by atoms with Crippen LogP contribution in [0.3, 0.4) is 0 Å². The van der Waals surface area contributed by atoms with E-state index >= 15 is 0 Å². The highest BCUT2D eigenvalue weighted by molar-refractivity contribution is 7.97. The van der Waals surface area contributed by atoms with Gasteiger partial charge in [-0.2, -0.15) is 0 Å². The SMILES string of the molecule is F[B-](F)(F)F.c1ccc([S+](c2ccccc2)c2c[nH]c3ccccc23)cc1. The second-order valence-corrected chi connectivity index (χ2v) is 7.62. The van der Waals surface area contributed by atoms with Gasteiger partial charge in [-0.15, -0.1) is 0 Å². The van der Waals surface area contributed by atoms with Gasteiger partial charge in [0.1, 0.15) is 10.9 Å². The zero-order valence-electron chi connectivity index (χ0n) is 14.2. The number of H-pyrrole nitrogens is 1. The fourth-order valence-electron chi connectivity index (χ4n) is 2.72. The molecule has 4 rings (SSSR count). The Morgan fingerprint density at radius 1 is 0.630 bits per heavy atom. The summed E-state index contributed by atoms with van der Waals surface area (Å²) in [5.74, 6) is 0. The van der Waals surface area contributed by atoms with Crippen LogP contribution in [-0.4, -0.2) is 12.2 Å². The van der Waals surface area contributed by atoms with Gasteiger partial charge in [0.25, 0.3) is 0 Å². The molecule has 27 heavy (non-hydrogen) atoms. The molecule has 7 heteroatoms. The van der Waals surface area contributed by atoms with Crippen molar-refractivity contribution in [1.82, 2.24) is 4.98 Å². The quantitative estimate of drug-likeness (QED) is 0.232. The molecule has 1 aromatic heterocycles. The van der Waals surface area contributed by atoms with E-state index in [0.29, 0.717) is 0 Å². The van der Waals surface area contributed by atoms with Crippen molar-refractivity contribution in [2.45, 2.75) is 14.7 Å². The van der Waals surface area contributed by atoms with Gasteiger partial charge in [0, 0.05) is 0 Å². The first-order valence-electron chi connectivity index (χ1n) is 8.21. The van der Waals surface area contributed by atoms with E-state index in [0.717, 1.165) is 0 Å². The number of hydrogen-bond acceptors (Lipinski definition) is 0. The van der Waals surface area contributed by atoms with E-state index in [-0.39, 0.29) is 10.9 Å². The first-order chi connectivity index (χ1) is 12.9. The minimum absolute atomic E-state index is 0.0893. The Hall–Kier alpha value is -2.67. The lowest BCUT2D eigenvalue weighted by molar-refractivity contribution is 0.368. The average molecular weight is 389 g/mol. The molecule has 0 saturated carbocycles. The van der Waals surface area contributed by atoms with Gasteiger partial charge in [-0.3, -0.25) is 0 Å². The van der Waals surface area contributed by atoms with E-state index in [1.165, 1.54) is 25.6 Å². The lowest BCUT2D eigenvalue weighted by Crippen LogP contribution is -2.03. The Balaban J connectivity index is 0.000000376. The molecule has 0 aliphatic heterocycles. The molecule has 0 fully saturated rings. The highest BCUT2D eigenvalue weighted by atomic mass is 32.2. The van der Waals surface area contributed by atoms with E-state index in [9.17, 15) is 17.3 Å². The fourth-order valence-corrected chi connectivity index (χ4v) is 4.93. The lowest BCUT2D eigenvalue weighted by Gasteiger charge is -2.06. The molecule has 1 nitrogen and oxygen atoms in total. The summed E-state index contributed by atoms with van der Waals surface area (Å²) in [5.41, 5.74) is 1.20. The number of benzene rings is 3. The molecule has 0 bridgehead atoms. The molecular formula is C20H16BF4NS. The third kappa shape index (κ3) is 5.17. The Labute approximate surface area is 157 Å². The molecule has 0 saturated heterocycles. The summed E-state index contributed by atoms with van der Waals surface area (Å²) in [4.78, 5) is 7.46. The second-order valence-electron chi connectivity index (χ2n) is 5.63. The van der Waals surface area contributed by atoms with Crippen LogP contribution in [0.25, 0.3) is 10.9 Å². The third-order valence-electron chi connectivity index (χ3n) is 3.73. The van der Waals surface area contributed by atoms with Crippen molar-refractivity contribution in [1.29, 1.82) is 0 Å². The van der Waals surface area contributed by atoms with Gasteiger partial charge in [-0.25, -0.2) is 0 Å². The average Bonchev–Trinajstić information content (AvgIpc) is 3.07. The van der Waals surface area contributed by atoms with E-state index in [1.807, 2.05) is 0 Å². The summed E-state index contributed by atoms with van der Waals surface area (Å²) >= 11 is 0. The number of aromatic nitrogens is 1. The molecule has 4 aromatic rings. The summed E-state index contributed by atoms with van der Waals surface area (Å²) in [7, 11) is -6.09.